The number of carbonyl (C=O) groups is 1. The van der Waals surface area contributed by atoms with Gasteiger partial charge >= 0.3 is 108 Å². The van der Waals surface area contributed by atoms with Crippen LogP contribution in [0.25, 0.3) is 0 Å². The number of rotatable bonds is 2. The molecule has 0 spiro atoms. The van der Waals surface area contributed by atoms with Crippen LogP contribution in [-0.4, -0.2) is 30.8 Å². The van der Waals surface area contributed by atoms with Gasteiger partial charge in [0.2, 0.25) is 0 Å². The molecule has 3 heteroatoms. The SMILES string of the molecule is CC(=O)N1CC([CH2][Sn]([CH3])([CH3])[CH3])c2ccccc21. The van der Waals surface area contributed by atoms with E-state index in [1.807, 2.05) is 11.0 Å². The second-order valence-corrected chi connectivity index (χ2v) is 21.9. The number of anilines is 1. The van der Waals surface area contributed by atoms with Crippen LogP contribution in [0.4, 0.5) is 5.69 Å². The number of fused-ring (bicyclic) bond motifs is 1. The molecular weight excluding hydrogens is 317 g/mol. The van der Waals surface area contributed by atoms with Crippen LogP contribution < -0.4 is 4.90 Å². The Morgan fingerprint density at radius 1 is 1.35 bits per heavy atom. The van der Waals surface area contributed by atoms with Crippen molar-refractivity contribution in [1.29, 1.82) is 0 Å². The molecule has 1 atom stereocenters. The third kappa shape index (κ3) is 2.84. The van der Waals surface area contributed by atoms with Gasteiger partial charge in [0.05, 0.1) is 0 Å². The van der Waals surface area contributed by atoms with Crippen molar-refractivity contribution in [2.24, 2.45) is 0 Å². The summed E-state index contributed by atoms with van der Waals surface area (Å²) in [6.45, 7) is 2.56. The fourth-order valence-electron chi connectivity index (χ4n) is 2.71. The Balaban J connectivity index is 2.32. The van der Waals surface area contributed by atoms with Crippen LogP contribution in [0.15, 0.2) is 24.3 Å². The van der Waals surface area contributed by atoms with Gasteiger partial charge in [-0.15, -0.1) is 0 Å². The topological polar surface area (TPSA) is 20.3 Å². The van der Waals surface area contributed by atoms with Crippen molar-refractivity contribution in [1.82, 2.24) is 0 Å². The summed E-state index contributed by atoms with van der Waals surface area (Å²) in [5.41, 5.74) is 2.52. The van der Waals surface area contributed by atoms with Gasteiger partial charge in [-0.2, -0.15) is 0 Å². The molecule has 17 heavy (non-hydrogen) atoms. The molecule has 0 aliphatic carbocycles. The molecule has 2 nitrogen and oxygen atoms in total. The molecule has 0 bridgehead atoms. The van der Waals surface area contributed by atoms with Gasteiger partial charge in [0, 0.05) is 0 Å². The molecule has 0 saturated carbocycles. The van der Waals surface area contributed by atoms with E-state index >= 15 is 0 Å². The first-order valence-electron chi connectivity index (χ1n) is 6.25. The van der Waals surface area contributed by atoms with E-state index in [-0.39, 0.29) is 5.91 Å². The van der Waals surface area contributed by atoms with E-state index < -0.39 is 18.4 Å². The Morgan fingerprint density at radius 3 is 2.59 bits per heavy atom. The van der Waals surface area contributed by atoms with Crippen LogP contribution in [0.5, 0.6) is 0 Å². The predicted octanol–water partition coefficient (Wildman–Crippen LogP) is 3.47. The van der Waals surface area contributed by atoms with Crippen molar-refractivity contribution in [2.75, 3.05) is 11.4 Å². The van der Waals surface area contributed by atoms with Crippen LogP contribution in [0, 0.1) is 0 Å². The third-order valence-electron chi connectivity index (χ3n) is 3.31. The third-order valence-corrected chi connectivity index (χ3v) is 8.21. The summed E-state index contributed by atoms with van der Waals surface area (Å²) in [6, 6.07) is 8.39. The number of carbonyl (C=O) groups excluding carboxylic acids is 1. The summed E-state index contributed by atoms with van der Waals surface area (Å²) in [4.78, 5) is 21.0. The maximum atomic E-state index is 11.7. The molecule has 0 aromatic heterocycles. The van der Waals surface area contributed by atoms with Crippen LogP contribution in [0.3, 0.4) is 0 Å². The summed E-state index contributed by atoms with van der Waals surface area (Å²) in [6.07, 6.45) is 0. The van der Waals surface area contributed by atoms with Crippen molar-refractivity contribution in [2.45, 2.75) is 32.1 Å². The molecule has 1 aliphatic heterocycles. The van der Waals surface area contributed by atoms with Gasteiger partial charge in [0.15, 0.2) is 0 Å². The zero-order valence-electron chi connectivity index (χ0n) is 11.2. The molecule has 1 unspecified atom stereocenters. The molecule has 1 amide bonds. The van der Waals surface area contributed by atoms with E-state index in [2.05, 4.69) is 33.0 Å². The number of para-hydroxylation sites is 1. The first-order chi connectivity index (χ1) is 7.88. The van der Waals surface area contributed by atoms with Crippen LogP contribution in [0.1, 0.15) is 18.4 Å². The minimum absolute atomic E-state index is 0.170. The number of hydrogen-bond acceptors (Lipinski definition) is 1. The second kappa shape index (κ2) is 4.63. The molecule has 92 valence electrons. The minimum atomic E-state index is -1.80. The van der Waals surface area contributed by atoms with E-state index in [9.17, 15) is 4.79 Å². The van der Waals surface area contributed by atoms with Crippen molar-refractivity contribution in [3.8, 4) is 0 Å². The molecule has 0 radical (unpaired) electrons. The average molecular weight is 338 g/mol. The maximum absolute atomic E-state index is 11.7. The van der Waals surface area contributed by atoms with Crippen molar-refractivity contribution >= 4 is 30.0 Å². The Labute approximate surface area is 108 Å². The predicted molar refractivity (Wildman–Crippen MR) is 75.4 cm³/mol. The van der Waals surface area contributed by atoms with Gasteiger partial charge in [-0.05, 0) is 0 Å². The number of benzene rings is 1. The molecule has 2 rings (SSSR count). The van der Waals surface area contributed by atoms with E-state index in [1.165, 1.54) is 10.0 Å². The molecular formula is C14H21NOSn. The Hall–Kier alpha value is -0.511. The van der Waals surface area contributed by atoms with Gasteiger partial charge in [0.1, 0.15) is 0 Å². The van der Waals surface area contributed by atoms with Gasteiger partial charge in [-0.3, -0.25) is 0 Å². The summed E-state index contributed by atoms with van der Waals surface area (Å²) < 4.78 is 1.33. The van der Waals surface area contributed by atoms with Crippen molar-refractivity contribution in [3.05, 3.63) is 29.8 Å². The fraction of sp³-hybridized carbons (Fsp3) is 0.500. The number of hydrogen-bond donors (Lipinski definition) is 0. The molecule has 1 aromatic carbocycles. The van der Waals surface area contributed by atoms with E-state index in [4.69, 9.17) is 0 Å². The summed E-state index contributed by atoms with van der Waals surface area (Å²) >= 11 is -1.80. The Bertz CT molecular complexity index is 436. The fourth-order valence-corrected chi connectivity index (χ4v) is 7.92. The normalized spacial score (nSPS) is 19.3. The summed E-state index contributed by atoms with van der Waals surface area (Å²) in [5, 5.41) is 0. The van der Waals surface area contributed by atoms with Gasteiger partial charge in [-0.1, -0.05) is 0 Å². The van der Waals surface area contributed by atoms with E-state index in [1.54, 1.807) is 6.92 Å². The van der Waals surface area contributed by atoms with Gasteiger partial charge < -0.3 is 0 Å². The van der Waals surface area contributed by atoms with Crippen LogP contribution >= 0.6 is 0 Å². The second-order valence-electron chi connectivity index (χ2n) is 6.15. The van der Waals surface area contributed by atoms with Crippen molar-refractivity contribution in [3.63, 3.8) is 0 Å². The molecule has 0 saturated heterocycles. The standard InChI is InChI=1S/C11H12NO.3CH3.Sn/c1-8-7-12(9(2)13)11-6-4-3-5-10(8)11;;;;/h3-6,8H,1,7H2,2H3;3*1H3;. The van der Waals surface area contributed by atoms with Gasteiger partial charge in [-0.25, -0.2) is 0 Å². The average Bonchev–Trinajstić information content (AvgIpc) is 2.55. The Morgan fingerprint density at radius 2 is 2.00 bits per heavy atom. The molecule has 0 N–H and O–H groups in total. The zero-order valence-corrected chi connectivity index (χ0v) is 14.0. The van der Waals surface area contributed by atoms with Crippen LogP contribution in [0.2, 0.25) is 19.3 Å². The number of nitrogens with zero attached hydrogens (tertiary/aromatic N) is 1. The summed E-state index contributed by atoms with van der Waals surface area (Å²) in [7, 11) is 0. The van der Waals surface area contributed by atoms with E-state index in [0.29, 0.717) is 5.92 Å². The number of amides is 1. The molecule has 1 aliphatic rings. The summed E-state index contributed by atoms with van der Waals surface area (Å²) in [5.74, 6) is 0.745. The van der Waals surface area contributed by atoms with Gasteiger partial charge in [0.25, 0.3) is 0 Å². The van der Waals surface area contributed by atoms with E-state index in [0.717, 1.165) is 12.2 Å². The first kappa shape index (κ1) is 12.9. The first-order valence-corrected chi connectivity index (χ1v) is 16.8. The van der Waals surface area contributed by atoms with Crippen LogP contribution in [-0.2, 0) is 4.79 Å². The molecule has 1 aromatic rings. The molecule has 0 fully saturated rings. The zero-order chi connectivity index (χ0) is 12.6. The molecule has 1 heterocycles. The van der Waals surface area contributed by atoms with Crippen molar-refractivity contribution < 1.29 is 4.79 Å². The monoisotopic (exact) mass is 339 g/mol. The Kier molecular flexibility index (Phi) is 3.53. The quantitative estimate of drug-likeness (QED) is 0.757.